The van der Waals surface area contributed by atoms with Crippen LogP contribution in [-0.4, -0.2) is 10.1 Å². The molecular formula is C15H13FN2O2. The second kappa shape index (κ2) is 6.13. The fourth-order valence-electron chi connectivity index (χ4n) is 1.79. The molecule has 4 nitrogen and oxygen atoms in total. The SMILES string of the molecule is CC(O)c1cc(F)ccc1OCc1cccnc1C#N. The minimum Gasteiger partial charge on any atom is -0.488 e. The van der Waals surface area contributed by atoms with Crippen molar-refractivity contribution in [3.63, 3.8) is 0 Å². The molecule has 2 rings (SSSR count). The van der Waals surface area contributed by atoms with Crippen LogP contribution in [0.3, 0.4) is 0 Å². The van der Waals surface area contributed by atoms with E-state index in [4.69, 9.17) is 10.00 Å². The molecule has 1 N–H and O–H groups in total. The highest BCUT2D eigenvalue weighted by Crippen LogP contribution is 2.26. The van der Waals surface area contributed by atoms with E-state index in [0.29, 0.717) is 16.9 Å². The second-order valence-electron chi connectivity index (χ2n) is 4.27. The summed E-state index contributed by atoms with van der Waals surface area (Å²) in [6.07, 6.45) is 0.686. The van der Waals surface area contributed by atoms with Crippen LogP contribution in [0.2, 0.25) is 0 Å². The van der Waals surface area contributed by atoms with E-state index in [9.17, 15) is 9.50 Å². The highest BCUT2D eigenvalue weighted by atomic mass is 19.1. The number of nitriles is 1. The van der Waals surface area contributed by atoms with Gasteiger partial charge in [-0.15, -0.1) is 0 Å². The molecule has 1 heterocycles. The van der Waals surface area contributed by atoms with Gasteiger partial charge in [-0.05, 0) is 31.2 Å². The van der Waals surface area contributed by atoms with Crippen LogP contribution >= 0.6 is 0 Å². The van der Waals surface area contributed by atoms with Gasteiger partial charge in [0.05, 0.1) is 6.10 Å². The zero-order valence-corrected chi connectivity index (χ0v) is 10.9. The largest absolute Gasteiger partial charge is 0.488 e. The van der Waals surface area contributed by atoms with Gasteiger partial charge in [0.2, 0.25) is 0 Å². The molecule has 0 aliphatic rings. The van der Waals surface area contributed by atoms with E-state index in [2.05, 4.69) is 4.98 Å². The number of nitrogens with zero attached hydrogens (tertiary/aromatic N) is 2. The average molecular weight is 272 g/mol. The number of halogens is 1. The van der Waals surface area contributed by atoms with Crippen LogP contribution < -0.4 is 4.74 Å². The molecule has 0 radical (unpaired) electrons. The highest BCUT2D eigenvalue weighted by Gasteiger charge is 2.11. The standard InChI is InChI=1S/C15H13FN2O2/c1-10(19)13-7-12(16)4-5-15(13)20-9-11-3-2-6-18-14(11)8-17/h2-7,10,19H,9H2,1H3. The second-order valence-corrected chi connectivity index (χ2v) is 4.27. The van der Waals surface area contributed by atoms with Crippen LogP contribution in [0.5, 0.6) is 5.75 Å². The molecule has 0 saturated carbocycles. The third kappa shape index (κ3) is 3.11. The summed E-state index contributed by atoms with van der Waals surface area (Å²) in [7, 11) is 0. The maximum Gasteiger partial charge on any atom is 0.147 e. The van der Waals surface area contributed by atoms with Crippen LogP contribution in [0.15, 0.2) is 36.5 Å². The molecule has 0 bridgehead atoms. The van der Waals surface area contributed by atoms with E-state index < -0.39 is 11.9 Å². The number of aliphatic hydroxyl groups is 1. The molecule has 1 unspecified atom stereocenters. The quantitative estimate of drug-likeness (QED) is 0.929. The molecule has 1 aromatic heterocycles. The average Bonchev–Trinajstić information content (AvgIpc) is 2.46. The maximum absolute atomic E-state index is 13.2. The topological polar surface area (TPSA) is 66.1 Å². The minimum atomic E-state index is -0.843. The first-order chi connectivity index (χ1) is 9.61. The summed E-state index contributed by atoms with van der Waals surface area (Å²) in [5, 5.41) is 18.6. The van der Waals surface area contributed by atoms with Crippen molar-refractivity contribution < 1.29 is 14.2 Å². The van der Waals surface area contributed by atoms with Gasteiger partial charge in [0, 0.05) is 17.3 Å². The third-order valence-electron chi connectivity index (χ3n) is 2.80. The number of rotatable bonds is 4. The molecular weight excluding hydrogens is 259 g/mol. The van der Waals surface area contributed by atoms with E-state index in [1.165, 1.54) is 31.3 Å². The number of benzene rings is 1. The minimum absolute atomic E-state index is 0.127. The highest BCUT2D eigenvalue weighted by molar-refractivity contribution is 5.36. The van der Waals surface area contributed by atoms with Crippen LogP contribution in [0.1, 0.15) is 29.8 Å². The van der Waals surface area contributed by atoms with Crippen LogP contribution in [-0.2, 0) is 6.61 Å². The van der Waals surface area contributed by atoms with E-state index in [1.54, 1.807) is 12.1 Å². The zero-order valence-electron chi connectivity index (χ0n) is 10.9. The molecule has 0 fully saturated rings. The summed E-state index contributed by atoms with van der Waals surface area (Å²) in [5.41, 5.74) is 1.29. The predicted octanol–water partition coefficient (Wildman–Crippen LogP) is 2.72. The molecule has 0 saturated heterocycles. The first-order valence-corrected chi connectivity index (χ1v) is 6.06. The number of pyridine rings is 1. The van der Waals surface area contributed by atoms with Crippen LogP contribution in [0.4, 0.5) is 4.39 Å². The van der Waals surface area contributed by atoms with Gasteiger partial charge in [0.1, 0.15) is 29.9 Å². The molecule has 0 aliphatic carbocycles. The normalized spacial score (nSPS) is 11.7. The fourth-order valence-corrected chi connectivity index (χ4v) is 1.79. The Morgan fingerprint density at radius 3 is 2.95 bits per heavy atom. The summed E-state index contributed by atoms with van der Waals surface area (Å²) in [6.45, 7) is 1.66. The van der Waals surface area contributed by atoms with Crippen molar-refractivity contribution in [3.8, 4) is 11.8 Å². The van der Waals surface area contributed by atoms with Gasteiger partial charge in [-0.2, -0.15) is 5.26 Å². The van der Waals surface area contributed by atoms with Crippen molar-refractivity contribution in [1.29, 1.82) is 5.26 Å². The molecule has 20 heavy (non-hydrogen) atoms. The molecule has 2 aromatic rings. The molecule has 102 valence electrons. The zero-order chi connectivity index (χ0) is 14.5. The van der Waals surface area contributed by atoms with Gasteiger partial charge < -0.3 is 9.84 Å². The Bertz CT molecular complexity index is 651. The maximum atomic E-state index is 13.2. The molecule has 5 heteroatoms. The van der Waals surface area contributed by atoms with E-state index in [0.717, 1.165) is 0 Å². The molecule has 1 aromatic carbocycles. The van der Waals surface area contributed by atoms with Crippen molar-refractivity contribution >= 4 is 0 Å². The number of ether oxygens (including phenoxy) is 1. The Kier molecular flexibility index (Phi) is 4.28. The van der Waals surface area contributed by atoms with Gasteiger partial charge in [-0.1, -0.05) is 6.07 Å². The lowest BCUT2D eigenvalue weighted by molar-refractivity contribution is 0.189. The van der Waals surface area contributed by atoms with E-state index >= 15 is 0 Å². The Balaban J connectivity index is 2.21. The number of aromatic nitrogens is 1. The smallest absolute Gasteiger partial charge is 0.147 e. The van der Waals surface area contributed by atoms with Crippen molar-refractivity contribution in [2.45, 2.75) is 19.6 Å². The first-order valence-electron chi connectivity index (χ1n) is 6.06. The Morgan fingerprint density at radius 2 is 2.25 bits per heavy atom. The first kappa shape index (κ1) is 14.0. The van der Waals surface area contributed by atoms with Crippen molar-refractivity contribution in [2.75, 3.05) is 0 Å². The molecule has 0 amide bonds. The van der Waals surface area contributed by atoms with Gasteiger partial charge >= 0.3 is 0 Å². The van der Waals surface area contributed by atoms with Crippen LogP contribution in [0.25, 0.3) is 0 Å². The van der Waals surface area contributed by atoms with E-state index in [1.807, 2.05) is 6.07 Å². The lowest BCUT2D eigenvalue weighted by Gasteiger charge is -2.13. The van der Waals surface area contributed by atoms with Crippen molar-refractivity contribution in [2.24, 2.45) is 0 Å². The summed E-state index contributed by atoms with van der Waals surface area (Å²) >= 11 is 0. The summed E-state index contributed by atoms with van der Waals surface area (Å²) in [4.78, 5) is 3.93. The Morgan fingerprint density at radius 1 is 1.45 bits per heavy atom. The summed E-state index contributed by atoms with van der Waals surface area (Å²) in [5.74, 6) is -0.0542. The molecule has 0 spiro atoms. The third-order valence-corrected chi connectivity index (χ3v) is 2.80. The van der Waals surface area contributed by atoms with Gasteiger partial charge in [0.15, 0.2) is 0 Å². The summed E-state index contributed by atoms with van der Waals surface area (Å²) in [6, 6.07) is 9.37. The fraction of sp³-hybridized carbons (Fsp3) is 0.200. The molecule has 0 aliphatic heterocycles. The lowest BCUT2D eigenvalue weighted by atomic mass is 10.1. The predicted molar refractivity (Wildman–Crippen MR) is 70.3 cm³/mol. The van der Waals surface area contributed by atoms with Crippen LogP contribution in [0, 0.1) is 17.1 Å². The summed E-state index contributed by atoms with van der Waals surface area (Å²) < 4.78 is 18.7. The number of hydrogen-bond donors (Lipinski definition) is 1. The van der Waals surface area contributed by atoms with Crippen molar-refractivity contribution in [1.82, 2.24) is 4.98 Å². The Labute approximate surface area is 116 Å². The lowest BCUT2D eigenvalue weighted by Crippen LogP contribution is -2.03. The number of aliphatic hydroxyl groups excluding tert-OH is 1. The van der Waals surface area contributed by atoms with Crippen molar-refractivity contribution in [3.05, 3.63) is 59.2 Å². The monoisotopic (exact) mass is 272 g/mol. The van der Waals surface area contributed by atoms with Gasteiger partial charge in [0.25, 0.3) is 0 Å². The number of hydrogen-bond acceptors (Lipinski definition) is 4. The molecule has 1 atom stereocenters. The van der Waals surface area contributed by atoms with Gasteiger partial charge in [-0.3, -0.25) is 0 Å². The Hall–Kier alpha value is -2.45. The van der Waals surface area contributed by atoms with Gasteiger partial charge in [-0.25, -0.2) is 9.37 Å². The van der Waals surface area contributed by atoms with E-state index in [-0.39, 0.29) is 12.3 Å².